The van der Waals surface area contributed by atoms with E-state index in [0.29, 0.717) is 12.8 Å². The van der Waals surface area contributed by atoms with E-state index in [0.717, 1.165) is 24.8 Å². The first-order valence-electron chi connectivity index (χ1n) is 14.0. The first kappa shape index (κ1) is 32.3. The highest BCUT2D eigenvalue weighted by Crippen LogP contribution is 2.17. The molecule has 0 aliphatic carbocycles. The van der Waals surface area contributed by atoms with E-state index in [9.17, 15) is 19.2 Å². The molecule has 0 spiro atoms. The minimum absolute atomic E-state index is 0.0344. The van der Waals surface area contributed by atoms with Gasteiger partial charge < -0.3 is 15.2 Å². The number of carboxylic acid groups (broad SMARTS) is 1. The Morgan fingerprint density at radius 2 is 1.41 bits per heavy atom. The van der Waals surface area contributed by atoms with Gasteiger partial charge in [0.1, 0.15) is 11.8 Å². The summed E-state index contributed by atoms with van der Waals surface area (Å²) in [5, 5.41) is 11.6. The molecule has 0 saturated heterocycles. The zero-order chi connectivity index (χ0) is 27.3. The molecule has 0 heterocycles. The third-order valence-corrected chi connectivity index (χ3v) is 6.68. The number of aliphatic carboxylic acids is 1. The van der Waals surface area contributed by atoms with Crippen LogP contribution in [0.2, 0.25) is 0 Å². The molecule has 1 amide bonds. The molecule has 0 aliphatic rings. The number of ether oxygens (including phenoxy) is 1. The van der Waals surface area contributed by atoms with Crippen molar-refractivity contribution in [2.75, 3.05) is 7.11 Å². The highest BCUT2D eigenvalue weighted by atomic mass is 16.5. The van der Waals surface area contributed by atoms with Gasteiger partial charge in [0.2, 0.25) is 5.91 Å². The number of Topliss-reactive ketones (excluding diaryl/α,β-unsaturated/α-hetero) is 1. The van der Waals surface area contributed by atoms with Crippen LogP contribution in [-0.4, -0.2) is 41.9 Å². The molecule has 7 heteroatoms. The minimum Gasteiger partial charge on any atom is -0.481 e. The second-order valence-corrected chi connectivity index (χ2v) is 9.93. The largest absolute Gasteiger partial charge is 0.481 e. The van der Waals surface area contributed by atoms with E-state index in [4.69, 9.17) is 9.84 Å². The number of nitrogens with one attached hydrogen (secondary N) is 1. The van der Waals surface area contributed by atoms with Crippen molar-refractivity contribution in [3.8, 4) is 0 Å². The molecule has 0 unspecified atom stereocenters. The van der Waals surface area contributed by atoms with Crippen LogP contribution in [0, 0.1) is 5.92 Å². The molecule has 37 heavy (non-hydrogen) atoms. The average Bonchev–Trinajstić information content (AvgIpc) is 2.89. The van der Waals surface area contributed by atoms with E-state index in [1.165, 1.54) is 58.5 Å². The molecule has 0 fully saturated rings. The Kier molecular flexibility index (Phi) is 17.8. The molecule has 7 nitrogen and oxygen atoms in total. The topological polar surface area (TPSA) is 110 Å². The fourth-order valence-electron chi connectivity index (χ4n) is 4.47. The van der Waals surface area contributed by atoms with Gasteiger partial charge in [0, 0.05) is 25.2 Å². The first-order valence-corrected chi connectivity index (χ1v) is 14.0. The predicted octanol–water partition coefficient (Wildman–Crippen LogP) is 6.03. The van der Waals surface area contributed by atoms with Crippen LogP contribution in [0.1, 0.15) is 109 Å². The zero-order valence-corrected chi connectivity index (χ0v) is 22.8. The van der Waals surface area contributed by atoms with E-state index >= 15 is 0 Å². The van der Waals surface area contributed by atoms with Gasteiger partial charge in [-0.05, 0) is 24.8 Å². The summed E-state index contributed by atoms with van der Waals surface area (Å²) in [6, 6.07) is 8.37. The molecular formula is C30H47NO6. The van der Waals surface area contributed by atoms with E-state index in [2.05, 4.69) is 12.2 Å². The van der Waals surface area contributed by atoms with Crippen LogP contribution in [0.25, 0.3) is 0 Å². The third kappa shape index (κ3) is 15.9. The fraction of sp³-hybridized carbons (Fsp3) is 0.667. The van der Waals surface area contributed by atoms with Gasteiger partial charge in [-0.1, -0.05) is 101 Å². The lowest BCUT2D eigenvalue weighted by Crippen LogP contribution is -2.45. The normalized spacial score (nSPS) is 12.5. The number of hydrogen-bond donors (Lipinski definition) is 2. The van der Waals surface area contributed by atoms with Crippen molar-refractivity contribution in [2.24, 2.45) is 5.92 Å². The SMILES string of the molecule is CCCCCCCCCCCCCC(=O)C[C@@H](Cc1ccccc1)C(=O)N[C@H](CCC(=O)O)C(=O)OC. The van der Waals surface area contributed by atoms with Gasteiger partial charge >= 0.3 is 11.9 Å². The summed E-state index contributed by atoms with van der Waals surface area (Å²) in [5.74, 6) is -2.80. The second kappa shape index (κ2) is 20.4. The number of hydrogen-bond acceptors (Lipinski definition) is 5. The maximum Gasteiger partial charge on any atom is 0.328 e. The van der Waals surface area contributed by atoms with Crippen molar-refractivity contribution in [1.29, 1.82) is 0 Å². The lowest BCUT2D eigenvalue weighted by molar-refractivity contribution is -0.146. The van der Waals surface area contributed by atoms with Crippen LogP contribution in [0.4, 0.5) is 0 Å². The van der Waals surface area contributed by atoms with Crippen molar-refractivity contribution in [1.82, 2.24) is 5.32 Å². The van der Waals surface area contributed by atoms with E-state index in [1.54, 1.807) is 0 Å². The lowest BCUT2D eigenvalue weighted by atomic mass is 9.91. The molecule has 208 valence electrons. The summed E-state index contributed by atoms with van der Waals surface area (Å²) >= 11 is 0. The number of esters is 1. The monoisotopic (exact) mass is 517 g/mol. The summed E-state index contributed by atoms with van der Waals surface area (Å²) in [5.41, 5.74) is 0.922. The third-order valence-electron chi connectivity index (χ3n) is 6.68. The summed E-state index contributed by atoms with van der Waals surface area (Å²) in [7, 11) is 1.20. The molecule has 0 aliphatic heterocycles. The summed E-state index contributed by atoms with van der Waals surface area (Å²) in [4.78, 5) is 48.9. The molecule has 2 atom stereocenters. The van der Waals surface area contributed by atoms with Gasteiger partial charge in [-0.2, -0.15) is 0 Å². The number of methoxy groups -OCH3 is 1. The van der Waals surface area contributed by atoms with Crippen LogP contribution in [0.15, 0.2) is 30.3 Å². The van der Waals surface area contributed by atoms with Crippen molar-refractivity contribution >= 4 is 23.6 Å². The van der Waals surface area contributed by atoms with E-state index in [-0.39, 0.29) is 25.0 Å². The molecule has 2 N–H and O–H groups in total. The standard InChI is InChI=1S/C30H47NO6/c1-3-4-5-6-7-8-9-10-11-12-16-19-26(32)23-25(22-24-17-14-13-15-18-24)29(35)31-27(30(36)37-2)20-21-28(33)34/h13-15,17-18,25,27H,3-12,16,19-23H2,1-2H3,(H,31,35)(H,33,34)/t25-,27-/m1/s1. The molecule has 0 bridgehead atoms. The van der Waals surface area contributed by atoms with Gasteiger partial charge in [0.25, 0.3) is 0 Å². The van der Waals surface area contributed by atoms with E-state index in [1.807, 2.05) is 30.3 Å². The highest BCUT2D eigenvalue weighted by Gasteiger charge is 2.28. The fourth-order valence-corrected chi connectivity index (χ4v) is 4.47. The van der Waals surface area contributed by atoms with Crippen LogP contribution < -0.4 is 5.32 Å². The highest BCUT2D eigenvalue weighted by molar-refractivity contribution is 5.90. The molecule has 0 saturated carbocycles. The second-order valence-electron chi connectivity index (χ2n) is 9.93. The zero-order valence-electron chi connectivity index (χ0n) is 22.8. The molecular weight excluding hydrogens is 470 g/mol. The predicted molar refractivity (Wildman–Crippen MR) is 145 cm³/mol. The van der Waals surface area contributed by atoms with Crippen LogP contribution >= 0.6 is 0 Å². The lowest BCUT2D eigenvalue weighted by Gasteiger charge is -2.21. The van der Waals surface area contributed by atoms with Crippen molar-refractivity contribution in [3.63, 3.8) is 0 Å². The minimum atomic E-state index is -1.06. The molecule has 1 rings (SSSR count). The van der Waals surface area contributed by atoms with Crippen molar-refractivity contribution in [2.45, 2.75) is 116 Å². The number of rotatable bonds is 22. The number of carbonyl (C=O) groups is 4. The number of carbonyl (C=O) groups excluding carboxylic acids is 3. The maximum atomic E-state index is 13.1. The van der Waals surface area contributed by atoms with Gasteiger partial charge in [-0.15, -0.1) is 0 Å². The Morgan fingerprint density at radius 1 is 0.838 bits per heavy atom. The number of carboxylic acids is 1. The molecule has 1 aromatic rings. The Hall–Kier alpha value is -2.70. The smallest absolute Gasteiger partial charge is 0.328 e. The Morgan fingerprint density at radius 3 is 1.95 bits per heavy atom. The average molecular weight is 518 g/mol. The Bertz CT molecular complexity index is 795. The van der Waals surface area contributed by atoms with Gasteiger partial charge in [0.15, 0.2) is 0 Å². The summed E-state index contributed by atoms with van der Waals surface area (Å²) in [6.45, 7) is 2.23. The molecule has 0 aromatic heterocycles. The Balaban J connectivity index is 2.53. The number of unbranched alkanes of at least 4 members (excludes halogenated alkanes) is 10. The number of amides is 1. The van der Waals surface area contributed by atoms with E-state index < -0.39 is 29.8 Å². The van der Waals surface area contributed by atoms with Gasteiger partial charge in [0.05, 0.1) is 7.11 Å². The summed E-state index contributed by atoms with van der Waals surface area (Å²) < 4.78 is 4.73. The summed E-state index contributed by atoms with van der Waals surface area (Å²) in [6.07, 6.45) is 13.8. The number of benzene rings is 1. The van der Waals surface area contributed by atoms with Crippen molar-refractivity contribution in [3.05, 3.63) is 35.9 Å². The quantitative estimate of drug-likeness (QED) is 0.144. The first-order chi connectivity index (χ1) is 17.9. The van der Waals surface area contributed by atoms with Crippen LogP contribution in [0.3, 0.4) is 0 Å². The molecule has 0 radical (unpaired) electrons. The molecule has 1 aromatic carbocycles. The van der Waals surface area contributed by atoms with Crippen molar-refractivity contribution < 1.29 is 29.0 Å². The Labute approximate surface area is 222 Å². The van der Waals surface area contributed by atoms with Crippen LogP contribution in [0.5, 0.6) is 0 Å². The van der Waals surface area contributed by atoms with Gasteiger partial charge in [-0.3, -0.25) is 14.4 Å². The number of ketones is 1. The maximum absolute atomic E-state index is 13.1. The van der Waals surface area contributed by atoms with Gasteiger partial charge in [-0.25, -0.2) is 4.79 Å². The van der Waals surface area contributed by atoms with Crippen LogP contribution in [-0.2, 0) is 30.3 Å².